The number of aryl methyl sites for hydroxylation is 1. The highest BCUT2D eigenvalue weighted by atomic mass is 127. The van der Waals surface area contributed by atoms with E-state index in [-0.39, 0.29) is 24.0 Å². The molecule has 0 spiro atoms. The smallest absolute Gasteiger partial charge is 0.193 e. The number of hydrogen-bond acceptors (Lipinski definition) is 2. The van der Waals surface area contributed by atoms with E-state index >= 15 is 0 Å². The van der Waals surface area contributed by atoms with Crippen molar-refractivity contribution in [2.24, 2.45) is 10.9 Å². The molecule has 1 atom stereocenters. The fourth-order valence-electron chi connectivity index (χ4n) is 3.12. The van der Waals surface area contributed by atoms with E-state index in [0.717, 1.165) is 45.2 Å². The highest BCUT2D eigenvalue weighted by molar-refractivity contribution is 14.0. The van der Waals surface area contributed by atoms with Gasteiger partial charge in [0.2, 0.25) is 0 Å². The molecule has 1 saturated heterocycles. The van der Waals surface area contributed by atoms with Gasteiger partial charge in [-0.25, -0.2) is 0 Å². The van der Waals surface area contributed by atoms with Crippen LogP contribution in [-0.2, 0) is 11.2 Å². The van der Waals surface area contributed by atoms with E-state index in [1.54, 1.807) is 0 Å². The van der Waals surface area contributed by atoms with Crippen LogP contribution in [0.3, 0.4) is 0 Å². The SMILES string of the molecule is CCNC(=NCCCCCc1ccccc1)N(C)CC1CCOC1.I. The van der Waals surface area contributed by atoms with E-state index in [1.165, 1.54) is 31.2 Å². The molecule has 1 aromatic rings. The second-order valence-electron chi connectivity index (χ2n) is 6.64. The summed E-state index contributed by atoms with van der Waals surface area (Å²) in [6, 6.07) is 10.7. The van der Waals surface area contributed by atoms with Crippen LogP contribution >= 0.6 is 24.0 Å². The Hall–Kier alpha value is -0.820. The molecule has 0 aliphatic carbocycles. The minimum absolute atomic E-state index is 0. The van der Waals surface area contributed by atoms with E-state index in [9.17, 15) is 0 Å². The Kier molecular flexibility index (Phi) is 11.9. The Bertz CT molecular complexity index is 475. The molecular weight excluding hydrogens is 425 g/mol. The van der Waals surface area contributed by atoms with Crippen molar-refractivity contribution in [1.29, 1.82) is 0 Å². The number of hydrogen-bond donors (Lipinski definition) is 1. The van der Waals surface area contributed by atoms with E-state index in [2.05, 4.69) is 54.5 Å². The highest BCUT2D eigenvalue weighted by Crippen LogP contribution is 2.13. The lowest BCUT2D eigenvalue weighted by molar-refractivity contribution is 0.181. The molecule has 1 N–H and O–H groups in total. The quantitative estimate of drug-likeness (QED) is 0.263. The first kappa shape index (κ1) is 22.2. The molecule has 2 rings (SSSR count). The van der Waals surface area contributed by atoms with Crippen LogP contribution in [-0.4, -0.2) is 50.8 Å². The zero-order valence-electron chi connectivity index (χ0n) is 15.7. The fourth-order valence-corrected chi connectivity index (χ4v) is 3.12. The molecule has 0 bridgehead atoms. The molecule has 1 aliphatic heterocycles. The lowest BCUT2D eigenvalue weighted by Crippen LogP contribution is -2.41. The van der Waals surface area contributed by atoms with Gasteiger partial charge in [-0.3, -0.25) is 4.99 Å². The molecule has 142 valence electrons. The summed E-state index contributed by atoms with van der Waals surface area (Å²) in [5, 5.41) is 3.41. The Morgan fingerprint density at radius 3 is 2.72 bits per heavy atom. The number of benzene rings is 1. The van der Waals surface area contributed by atoms with Crippen LogP contribution < -0.4 is 5.32 Å². The van der Waals surface area contributed by atoms with E-state index < -0.39 is 0 Å². The van der Waals surface area contributed by atoms with Crippen molar-refractivity contribution < 1.29 is 4.74 Å². The average Bonchev–Trinajstić information content (AvgIpc) is 3.10. The molecule has 0 aromatic heterocycles. The summed E-state index contributed by atoms with van der Waals surface area (Å²) in [6.45, 7) is 6.78. The summed E-state index contributed by atoms with van der Waals surface area (Å²) in [6.07, 6.45) is 5.97. The predicted molar refractivity (Wildman–Crippen MR) is 117 cm³/mol. The molecule has 4 nitrogen and oxygen atoms in total. The molecule has 0 radical (unpaired) electrons. The van der Waals surface area contributed by atoms with Gasteiger partial charge in [0, 0.05) is 39.2 Å². The van der Waals surface area contributed by atoms with Gasteiger partial charge in [-0.1, -0.05) is 36.8 Å². The topological polar surface area (TPSA) is 36.9 Å². The molecule has 1 aromatic carbocycles. The Labute approximate surface area is 170 Å². The molecular formula is C20H34IN3O. The van der Waals surface area contributed by atoms with Crippen LogP contribution in [0.5, 0.6) is 0 Å². The largest absolute Gasteiger partial charge is 0.381 e. The summed E-state index contributed by atoms with van der Waals surface area (Å²) in [4.78, 5) is 7.05. The fraction of sp³-hybridized carbons (Fsp3) is 0.650. The second-order valence-corrected chi connectivity index (χ2v) is 6.64. The minimum atomic E-state index is 0. The number of ether oxygens (including phenoxy) is 1. The Morgan fingerprint density at radius 2 is 2.04 bits per heavy atom. The van der Waals surface area contributed by atoms with Gasteiger partial charge >= 0.3 is 0 Å². The molecule has 1 unspecified atom stereocenters. The van der Waals surface area contributed by atoms with Crippen molar-refractivity contribution in [3.63, 3.8) is 0 Å². The molecule has 1 fully saturated rings. The predicted octanol–water partition coefficient (Wildman–Crippen LogP) is 3.95. The van der Waals surface area contributed by atoms with Gasteiger partial charge < -0.3 is 15.0 Å². The normalized spacial score (nSPS) is 17.2. The monoisotopic (exact) mass is 459 g/mol. The zero-order valence-corrected chi connectivity index (χ0v) is 18.1. The molecule has 1 aliphatic rings. The number of nitrogens with one attached hydrogen (secondary N) is 1. The summed E-state index contributed by atoms with van der Waals surface area (Å²) >= 11 is 0. The lowest BCUT2D eigenvalue weighted by Gasteiger charge is -2.24. The number of rotatable bonds is 9. The summed E-state index contributed by atoms with van der Waals surface area (Å²) in [5.41, 5.74) is 1.44. The van der Waals surface area contributed by atoms with Crippen LogP contribution in [0.2, 0.25) is 0 Å². The van der Waals surface area contributed by atoms with Gasteiger partial charge in [0.25, 0.3) is 0 Å². The van der Waals surface area contributed by atoms with E-state index in [4.69, 9.17) is 9.73 Å². The van der Waals surface area contributed by atoms with Gasteiger partial charge in [0.1, 0.15) is 0 Å². The Morgan fingerprint density at radius 1 is 1.24 bits per heavy atom. The lowest BCUT2D eigenvalue weighted by atomic mass is 10.1. The zero-order chi connectivity index (χ0) is 17.0. The third kappa shape index (κ3) is 8.90. The van der Waals surface area contributed by atoms with Gasteiger partial charge in [-0.05, 0) is 38.2 Å². The van der Waals surface area contributed by atoms with Crippen LogP contribution in [0, 0.1) is 5.92 Å². The first-order chi connectivity index (χ1) is 11.8. The summed E-state index contributed by atoms with van der Waals surface area (Å²) in [7, 11) is 2.13. The van der Waals surface area contributed by atoms with Crippen molar-refractivity contribution in [2.75, 3.05) is 39.9 Å². The van der Waals surface area contributed by atoms with Gasteiger partial charge in [-0.15, -0.1) is 24.0 Å². The van der Waals surface area contributed by atoms with Crippen molar-refractivity contribution >= 4 is 29.9 Å². The maximum absolute atomic E-state index is 5.47. The molecule has 25 heavy (non-hydrogen) atoms. The summed E-state index contributed by atoms with van der Waals surface area (Å²) < 4.78 is 5.47. The second kappa shape index (κ2) is 13.4. The Balaban J connectivity index is 0.00000312. The number of aliphatic imine (C=N–C) groups is 1. The van der Waals surface area contributed by atoms with Gasteiger partial charge in [0.15, 0.2) is 5.96 Å². The van der Waals surface area contributed by atoms with Crippen molar-refractivity contribution in [2.45, 2.75) is 39.0 Å². The molecule has 0 amide bonds. The van der Waals surface area contributed by atoms with Crippen molar-refractivity contribution in [3.05, 3.63) is 35.9 Å². The van der Waals surface area contributed by atoms with Crippen LogP contribution in [0.15, 0.2) is 35.3 Å². The van der Waals surface area contributed by atoms with Gasteiger partial charge in [0.05, 0.1) is 6.61 Å². The molecule has 1 heterocycles. The number of unbranched alkanes of at least 4 members (excludes halogenated alkanes) is 2. The van der Waals surface area contributed by atoms with Crippen molar-refractivity contribution in [1.82, 2.24) is 10.2 Å². The van der Waals surface area contributed by atoms with Crippen LogP contribution in [0.25, 0.3) is 0 Å². The van der Waals surface area contributed by atoms with Gasteiger partial charge in [-0.2, -0.15) is 0 Å². The van der Waals surface area contributed by atoms with E-state index in [0.29, 0.717) is 5.92 Å². The molecule has 0 saturated carbocycles. The first-order valence-corrected chi connectivity index (χ1v) is 9.40. The highest BCUT2D eigenvalue weighted by Gasteiger charge is 2.18. The summed E-state index contributed by atoms with van der Waals surface area (Å²) in [5.74, 6) is 1.68. The maximum atomic E-state index is 5.47. The maximum Gasteiger partial charge on any atom is 0.193 e. The number of guanidine groups is 1. The third-order valence-corrected chi connectivity index (χ3v) is 4.48. The average molecular weight is 459 g/mol. The molecule has 5 heteroatoms. The van der Waals surface area contributed by atoms with Crippen LogP contribution in [0.1, 0.15) is 38.2 Å². The number of nitrogens with zero attached hydrogens (tertiary/aromatic N) is 2. The van der Waals surface area contributed by atoms with E-state index in [1.807, 2.05) is 0 Å². The first-order valence-electron chi connectivity index (χ1n) is 9.40. The van der Waals surface area contributed by atoms with Crippen LogP contribution in [0.4, 0.5) is 0 Å². The standard InChI is InChI=1S/C20H33N3O.HI/c1-3-21-20(23(2)16-19-13-15-24-17-19)22-14-9-5-8-12-18-10-6-4-7-11-18;/h4,6-7,10-11,19H,3,5,8-9,12-17H2,1-2H3,(H,21,22);1H. The minimum Gasteiger partial charge on any atom is -0.381 e. The third-order valence-electron chi connectivity index (χ3n) is 4.48. The van der Waals surface area contributed by atoms with Crippen molar-refractivity contribution in [3.8, 4) is 0 Å². The number of halogens is 1.